The molecule has 0 aliphatic heterocycles. The molecule has 108 valence electrons. The lowest BCUT2D eigenvalue weighted by molar-refractivity contribution is 0.248. The molecule has 0 unspecified atom stereocenters. The third-order valence-corrected chi connectivity index (χ3v) is 2.77. The summed E-state index contributed by atoms with van der Waals surface area (Å²) in [5.74, 6) is 1.64. The maximum atomic E-state index is 5.90. The van der Waals surface area contributed by atoms with E-state index >= 15 is 0 Å². The first kappa shape index (κ1) is 15.8. The second kappa shape index (κ2) is 8.02. The summed E-state index contributed by atoms with van der Waals surface area (Å²) in [6, 6.07) is 6.45. The van der Waals surface area contributed by atoms with Crippen molar-refractivity contribution in [2.45, 2.75) is 26.4 Å². The van der Waals surface area contributed by atoms with E-state index in [0.717, 1.165) is 30.2 Å². The Morgan fingerprint density at radius 2 is 2.00 bits per heavy atom. The van der Waals surface area contributed by atoms with Gasteiger partial charge in [-0.1, -0.05) is 26.0 Å². The number of methoxy groups -OCH3 is 1. The summed E-state index contributed by atoms with van der Waals surface area (Å²) >= 11 is 0. The van der Waals surface area contributed by atoms with Crippen molar-refractivity contribution >= 4 is 0 Å². The molecule has 0 fully saturated rings. The number of nitrogens with zero attached hydrogens (tertiary/aromatic N) is 1. The molecule has 19 heavy (non-hydrogen) atoms. The van der Waals surface area contributed by atoms with Crippen LogP contribution < -0.4 is 14.8 Å². The normalized spacial score (nSPS) is 11.1. The summed E-state index contributed by atoms with van der Waals surface area (Å²) in [5, 5.41) is 3.41. The lowest BCUT2D eigenvalue weighted by atomic mass is 10.1. The van der Waals surface area contributed by atoms with Crippen LogP contribution in [0.1, 0.15) is 19.4 Å². The fraction of sp³-hybridized carbons (Fsp3) is 0.600. The Bertz CT molecular complexity index is 378. The van der Waals surface area contributed by atoms with Crippen molar-refractivity contribution in [2.75, 3.05) is 34.4 Å². The fourth-order valence-electron chi connectivity index (χ4n) is 1.67. The third kappa shape index (κ3) is 5.49. The highest BCUT2D eigenvalue weighted by Gasteiger charge is 2.10. The lowest BCUT2D eigenvalue weighted by Gasteiger charge is -2.17. The molecule has 4 nitrogen and oxygen atoms in total. The van der Waals surface area contributed by atoms with Gasteiger partial charge in [-0.25, -0.2) is 0 Å². The van der Waals surface area contributed by atoms with E-state index in [1.807, 2.05) is 26.2 Å². The van der Waals surface area contributed by atoms with Crippen LogP contribution in [0.4, 0.5) is 0 Å². The van der Waals surface area contributed by atoms with Crippen LogP contribution in [0.5, 0.6) is 11.5 Å². The number of para-hydroxylation sites is 1. The number of hydrogen-bond donors (Lipinski definition) is 1. The van der Waals surface area contributed by atoms with E-state index in [9.17, 15) is 0 Å². The highest BCUT2D eigenvalue weighted by molar-refractivity contribution is 5.46. The lowest BCUT2D eigenvalue weighted by Crippen LogP contribution is -2.23. The smallest absolute Gasteiger partial charge is 0.165 e. The van der Waals surface area contributed by atoms with Crippen LogP contribution in [0.25, 0.3) is 0 Å². The second-order valence-electron chi connectivity index (χ2n) is 5.14. The van der Waals surface area contributed by atoms with Gasteiger partial charge in [0.1, 0.15) is 6.61 Å². The molecular formula is C15H26N2O2. The van der Waals surface area contributed by atoms with Crippen LogP contribution in [-0.4, -0.2) is 45.3 Å². The van der Waals surface area contributed by atoms with Crippen molar-refractivity contribution in [3.8, 4) is 11.5 Å². The van der Waals surface area contributed by atoms with Crippen LogP contribution in [0.2, 0.25) is 0 Å². The highest BCUT2D eigenvalue weighted by Crippen LogP contribution is 2.31. The molecule has 0 amide bonds. The first-order valence-corrected chi connectivity index (χ1v) is 6.71. The Kier molecular flexibility index (Phi) is 6.67. The van der Waals surface area contributed by atoms with Crippen molar-refractivity contribution in [1.29, 1.82) is 0 Å². The molecule has 1 N–H and O–H groups in total. The number of hydrogen-bond acceptors (Lipinski definition) is 4. The summed E-state index contributed by atoms with van der Waals surface area (Å²) in [7, 11) is 5.74. The molecule has 0 spiro atoms. The Morgan fingerprint density at radius 1 is 1.26 bits per heavy atom. The summed E-state index contributed by atoms with van der Waals surface area (Å²) in [4.78, 5) is 2.10. The van der Waals surface area contributed by atoms with Gasteiger partial charge in [-0.2, -0.15) is 0 Å². The SMILES string of the molecule is COc1cccc(CNC(C)C)c1OCCN(C)C. The van der Waals surface area contributed by atoms with E-state index in [4.69, 9.17) is 9.47 Å². The maximum Gasteiger partial charge on any atom is 0.165 e. The van der Waals surface area contributed by atoms with Crippen molar-refractivity contribution in [1.82, 2.24) is 10.2 Å². The zero-order chi connectivity index (χ0) is 14.3. The van der Waals surface area contributed by atoms with Crippen molar-refractivity contribution < 1.29 is 9.47 Å². The van der Waals surface area contributed by atoms with Crippen LogP contribution in [0.15, 0.2) is 18.2 Å². The van der Waals surface area contributed by atoms with E-state index in [1.165, 1.54) is 0 Å². The summed E-state index contributed by atoms with van der Waals surface area (Å²) < 4.78 is 11.3. The zero-order valence-corrected chi connectivity index (χ0v) is 12.7. The third-order valence-electron chi connectivity index (χ3n) is 2.77. The van der Waals surface area contributed by atoms with Crippen LogP contribution in [0, 0.1) is 0 Å². The molecule has 0 saturated carbocycles. The number of likely N-dealkylation sites (N-methyl/N-ethyl adjacent to an activating group) is 1. The molecule has 0 radical (unpaired) electrons. The number of ether oxygens (including phenoxy) is 2. The minimum atomic E-state index is 0.445. The highest BCUT2D eigenvalue weighted by atomic mass is 16.5. The summed E-state index contributed by atoms with van der Waals surface area (Å²) in [6.07, 6.45) is 0. The number of rotatable bonds is 8. The van der Waals surface area contributed by atoms with Gasteiger partial charge in [0.25, 0.3) is 0 Å². The van der Waals surface area contributed by atoms with Gasteiger partial charge < -0.3 is 19.7 Å². The molecule has 1 rings (SSSR count). The monoisotopic (exact) mass is 266 g/mol. The van der Waals surface area contributed by atoms with E-state index in [1.54, 1.807) is 7.11 Å². The summed E-state index contributed by atoms with van der Waals surface area (Å²) in [6.45, 7) is 6.59. The molecule has 0 heterocycles. The standard InChI is InChI=1S/C15H26N2O2/c1-12(2)16-11-13-7-6-8-14(18-5)15(13)19-10-9-17(3)4/h6-8,12,16H,9-11H2,1-5H3. The van der Waals surface area contributed by atoms with Crippen molar-refractivity contribution in [2.24, 2.45) is 0 Å². The average Bonchev–Trinajstić information content (AvgIpc) is 2.36. The maximum absolute atomic E-state index is 5.90. The predicted octanol–water partition coefficient (Wildman–Crippen LogP) is 2.13. The minimum Gasteiger partial charge on any atom is -0.493 e. The molecule has 1 aromatic carbocycles. The first-order chi connectivity index (χ1) is 9.04. The Morgan fingerprint density at radius 3 is 2.58 bits per heavy atom. The number of nitrogens with one attached hydrogen (secondary N) is 1. The molecule has 0 atom stereocenters. The van der Waals surface area contributed by atoms with E-state index in [-0.39, 0.29) is 0 Å². The molecule has 4 heteroatoms. The fourth-order valence-corrected chi connectivity index (χ4v) is 1.67. The van der Waals surface area contributed by atoms with Crippen molar-refractivity contribution in [3.63, 3.8) is 0 Å². The van der Waals surface area contributed by atoms with Crippen molar-refractivity contribution in [3.05, 3.63) is 23.8 Å². The van der Waals surface area contributed by atoms with Gasteiger partial charge in [0, 0.05) is 24.7 Å². The zero-order valence-electron chi connectivity index (χ0n) is 12.7. The molecular weight excluding hydrogens is 240 g/mol. The van der Waals surface area contributed by atoms with Gasteiger partial charge >= 0.3 is 0 Å². The average molecular weight is 266 g/mol. The quantitative estimate of drug-likeness (QED) is 0.781. The first-order valence-electron chi connectivity index (χ1n) is 6.71. The molecule has 0 bridgehead atoms. The van der Waals surface area contributed by atoms with E-state index in [2.05, 4.69) is 30.1 Å². The number of benzene rings is 1. The van der Waals surface area contributed by atoms with E-state index in [0.29, 0.717) is 12.6 Å². The Labute approximate surface area is 116 Å². The second-order valence-corrected chi connectivity index (χ2v) is 5.14. The van der Waals surface area contributed by atoms with Crippen LogP contribution >= 0.6 is 0 Å². The largest absolute Gasteiger partial charge is 0.493 e. The van der Waals surface area contributed by atoms with Gasteiger partial charge in [-0.15, -0.1) is 0 Å². The van der Waals surface area contributed by atoms with Gasteiger partial charge in [0.05, 0.1) is 7.11 Å². The topological polar surface area (TPSA) is 33.7 Å². The molecule has 0 aliphatic rings. The Hall–Kier alpha value is -1.26. The Balaban J connectivity index is 2.77. The molecule has 0 aromatic heterocycles. The van der Waals surface area contributed by atoms with Crippen LogP contribution in [0.3, 0.4) is 0 Å². The van der Waals surface area contributed by atoms with Gasteiger partial charge in [-0.05, 0) is 20.2 Å². The summed E-state index contributed by atoms with van der Waals surface area (Å²) in [5.41, 5.74) is 1.13. The molecule has 1 aromatic rings. The van der Waals surface area contributed by atoms with E-state index < -0.39 is 0 Å². The van der Waals surface area contributed by atoms with Crippen LogP contribution in [-0.2, 0) is 6.54 Å². The van der Waals surface area contributed by atoms with Gasteiger partial charge in [0.15, 0.2) is 11.5 Å². The predicted molar refractivity (Wildman–Crippen MR) is 79.0 cm³/mol. The minimum absolute atomic E-state index is 0.445. The van der Waals surface area contributed by atoms with Gasteiger partial charge in [-0.3, -0.25) is 0 Å². The molecule has 0 saturated heterocycles. The van der Waals surface area contributed by atoms with Gasteiger partial charge in [0.2, 0.25) is 0 Å². The molecule has 0 aliphatic carbocycles.